The van der Waals surface area contributed by atoms with Crippen LogP contribution in [-0.4, -0.2) is 23.7 Å². The highest BCUT2D eigenvalue weighted by atomic mass is 16.4. The van der Waals surface area contributed by atoms with Crippen LogP contribution in [0.3, 0.4) is 0 Å². The number of unbranched alkanes of at least 4 members (excludes halogenated alkanes) is 1. The highest BCUT2D eigenvalue weighted by molar-refractivity contribution is 5.76. The van der Waals surface area contributed by atoms with Crippen molar-refractivity contribution in [2.45, 2.75) is 25.3 Å². The summed E-state index contributed by atoms with van der Waals surface area (Å²) in [5.74, 6) is -0.390. The Labute approximate surface area is 88.3 Å². The lowest BCUT2D eigenvalue weighted by molar-refractivity contribution is -0.138. The van der Waals surface area contributed by atoms with Gasteiger partial charge in [-0.2, -0.15) is 0 Å². The van der Waals surface area contributed by atoms with Crippen molar-refractivity contribution in [3.8, 4) is 0 Å². The van der Waals surface area contributed by atoms with Crippen LogP contribution < -0.4 is 11.1 Å². The Kier molecular flexibility index (Phi) is 4.70. The quantitative estimate of drug-likeness (QED) is 0.592. The molecule has 0 amide bonds. The minimum atomic E-state index is -0.872. The second-order valence-electron chi connectivity index (χ2n) is 3.30. The molecule has 0 aliphatic rings. The minimum absolute atomic E-state index is 0.482. The van der Waals surface area contributed by atoms with Crippen LogP contribution in [0, 0.1) is 0 Å². The van der Waals surface area contributed by atoms with Crippen LogP contribution >= 0.6 is 0 Å². The highest BCUT2D eigenvalue weighted by Gasteiger charge is 2.17. The van der Waals surface area contributed by atoms with Crippen molar-refractivity contribution >= 4 is 11.9 Å². The molecular weight excluding hydrogens is 196 g/mol. The zero-order valence-corrected chi connectivity index (χ0v) is 8.48. The molecule has 0 radical (unpaired) electrons. The number of furan rings is 1. The zero-order valence-electron chi connectivity index (χ0n) is 8.48. The van der Waals surface area contributed by atoms with E-state index in [1.54, 1.807) is 12.1 Å². The van der Waals surface area contributed by atoms with Gasteiger partial charge in [0.1, 0.15) is 6.04 Å². The van der Waals surface area contributed by atoms with Crippen LogP contribution in [0.15, 0.2) is 22.8 Å². The Hall–Kier alpha value is -1.49. The largest absolute Gasteiger partial charge is 0.480 e. The molecule has 0 aromatic carbocycles. The number of nitrogens with two attached hydrogens (primary N) is 1. The summed E-state index contributed by atoms with van der Waals surface area (Å²) in [7, 11) is 0. The molecule has 84 valence electrons. The third-order valence-electron chi connectivity index (χ3n) is 2.08. The van der Waals surface area contributed by atoms with Crippen LogP contribution in [0.25, 0.3) is 0 Å². The smallest absolute Gasteiger partial charge is 0.326 e. The van der Waals surface area contributed by atoms with Crippen molar-refractivity contribution in [3.63, 3.8) is 0 Å². The van der Waals surface area contributed by atoms with E-state index in [2.05, 4.69) is 5.32 Å². The lowest BCUT2D eigenvalue weighted by atomic mass is 10.1. The van der Waals surface area contributed by atoms with Crippen LogP contribution in [0.2, 0.25) is 0 Å². The molecular formula is C10H16N2O3. The maximum Gasteiger partial charge on any atom is 0.326 e. The van der Waals surface area contributed by atoms with Gasteiger partial charge in [-0.1, -0.05) is 0 Å². The summed E-state index contributed by atoms with van der Waals surface area (Å²) in [6, 6.07) is 2.79. The molecule has 4 N–H and O–H groups in total. The Balaban J connectivity index is 2.40. The molecule has 0 spiro atoms. The lowest BCUT2D eigenvalue weighted by Crippen LogP contribution is -2.29. The molecule has 5 heteroatoms. The molecule has 0 aliphatic heterocycles. The van der Waals surface area contributed by atoms with Crippen LogP contribution in [-0.2, 0) is 4.79 Å². The Morgan fingerprint density at radius 3 is 2.93 bits per heavy atom. The second kappa shape index (κ2) is 6.08. The van der Waals surface area contributed by atoms with E-state index in [0.717, 1.165) is 12.8 Å². The SMILES string of the molecule is NCCCC[C@H](Nc1ccco1)C(=O)O. The predicted octanol–water partition coefficient (Wildman–Crippen LogP) is 1.27. The van der Waals surface area contributed by atoms with Gasteiger partial charge in [-0.25, -0.2) is 4.79 Å². The summed E-state index contributed by atoms with van der Waals surface area (Å²) >= 11 is 0. The molecule has 15 heavy (non-hydrogen) atoms. The summed E-state index contributed by atoms with van der Waals surface area (Å²) in [5, 5.41) is 11.7. The summed E-state index contributed by atoms with van der Waals surface area (Å²) in [6.07, 6.45) is 3.68. The van der Waals surface area contributed by atoms with Gasteiger partial charge < -0.3 is 20.6 Å². The summed E-state index contributed by atoms with van der Waals surface area (Å²) in [4.78, 5) is 10.9. The van der Waals surface area contributed by atoms with Crippen LogP contribution in [0.4, 0.5) is 5.88 Å². The molecule has 0 saturated heterocycles. The van der Waals surface area contributed by atoms with E-state index < -0.39 is 12.0 Å². The van der Waals surface area contributed by atoms with E-state index in [-0.39, 0.29) is 0 Å². The van der Waals surface area contributed by atoms with Crippen molar-refractivity contribution in [1.82, 2.24) is 0 Å². The molecule has 0 saturated carbocycles. The first-order valence-corrected chi connectivity index (χ1v) is 4.97. The Morgan fingerprint density at radius 1 is 1.60 bits per heavy atom. The molecule has 1 aromatic heterocycles. The first kappa shape index (κ1) is 11.6. The molecule has 1 aromatic rings. The minimum Gasteiger partial charge on any atom is -0.480 e. The molecule has 1 rings (SSSR count). The average Bonchev–Trinajstić information content (AvgIpc) is 2.69. The van der Waals surface area contributed by atoms with E-state index in [9.17, 15) is 4.79 Å². The van der Waals surface area contributed by atoms with Crippen molar-refractivity contribution in [1.29, 1.82) is 0 Å². The summed E-state index contributed by atoms with van der Waals surface area (Å²) < 4.78 is 5.02. The van der Waals surface area contributed by atoms with Gasteiger partial charge in [0, 0.05) is 6.07 Å². The number of hydrogen-bond acceptors (Lipinski definition) is 4. The number of nitrogens with one attached hydrogen (secondary N) is 1. The average molecular weight is 212 g/mol. The standard InChI is InChI=1S/C10H16N2O3/c11-6-2-1-4-8(10(13)14)12-9-5-3-7-15-9/h3,5,7-8,12H,1-2,4,6,11H2,(H,13,14)/t8-/m0/s1. The lowest BCUT2D eigenvalue weighted by Gasteiger charge is -2.12. The molecule has 0 bridgehead atoms. The third-order valence-corrected chi connectivity index (χ3v) is 2.08. The molecule has 0 aliphatic carbocycles. The number of hydrogen-bond donors (Lipinski definition) is 3. The van der Waals surface area contributed by atoms with Crippen molar-refractivity contribution in [3.05, 3.63) is 18.4 Å². The van der Waals surface area contributed by atoms with Gasteiger partial charge in [-0.05, 0) is 31.9 Å². The predicted molar refractivity (Wildman–Crippen MR) is 56.7 cm³/mol. The second-order valence-corrected chi connectivity index (χ2v) is 3.30. The van der Waals surface area contributed by atoms with Gasteiger partial charge in [-0.3, -0.25) is 0 Å². The maximum atomic E-state index is 10.9. The van der Waals surface area contributed by atoms with E-state index in [0.29, 0.717) is 18.8 Å². The molecule has 1 atom stereocenters. The van der Waals surface area contributed by atoms with E-state index in [1.165, 1.54) is 6.26 Å². The Morgan fingerprint density at radius 2 is 2.40 bits per heavy atom. The normalized spacial score (nSPS) is 12.3. The first-order chi connectivity index (χ1) is 7.24. The number of carboxylic acids is 1. The summed E-state index contributed by atoms with van der Waals surface area (Å²) in [6.45, 7) is 0.590. The fourth-order valence-corrected chi connectivity index (χ4v) is 1.28. The number of carboxylic acid groups (broad SMARTS) is 1. The van der Waals surface area contributed by atoms with Crippen LogP contribution in [0.1, 0.15) is 19.3 Å². The topological polar surface area (TPSA) is 88.5 Å². The molecule has 0 fully saturated rings. The number of anilines is 1. The number of rotatable bonds is 7. The van der Waals surface area contributed by atoms with Gasteiger partial charge in [0.25, 0.3) is 0 Å². The first-order valence-electron chi connectivity index (χ1n) is 4.97. The Bertz CT molecular complexity index is 285. The van der Waals surface area contributed by atoms with Gasteiger partial charge in [0.15, 0.2) is 5.88 Å². The fraction of sp³-hybridized carbons (Fsp3) is 0.500. The highest BCUT2D eigenvalue weighted by Crippen LogP contribution is 2.12. The van der Waals surface area contributed by atoms with E-state index in [4.69, 9.17) is 15.3 Å². The van der Waals surface area contributed by atoms with Crippen molar-refractivity contribution < 1.29 is 14.3 Å². The van der Waals surface area contributed by atoms with Gasteiger partial charge in [-0.15, -0.1) is 0 Å². The molecule has 1 heterocycles. The maximum absolute atomic E-state index is 10.9. The number of carbonyl (C=O) groups is 1. The van der Waals surface area contributed by atoms with Gasteiger partial charge in [0.05, 0.1) is 6.26 Å². The van der Waals surface area contributed by atoms with E-state index >= 15 is 0 Å². The number of aliphatic carboxylic acids is 1. The van der Waals surface area contributed by atoms with Gasteiger partial charge in [0.2, 0.25) is 0 Å². The monoisotopic (exact) mass is 212 g/mol. The van der Waals surface area contributed by atoms with Crippen molar-refractivity contribution in [2.24, 2.45) is 5.73 Å². The fourth-order valence-electron chi connectivity index (χ4n) is 1.28. The summed E-state index contributed by atoms with van der Waals surface area (Å²) in [5.41, 5.74) is 5.34. The molecule has 5 nitrogen and oxygen atoms in total. The zero-order chi connectivity index (χ0) is 11.1. The van der Waals surface area contributed by atoms with Gasteiger partial charge >= 0.3 is 5.97 Å². The molecule has 0 unspecified atom stereocenters. The third kappa shape index (κ3) is 4.03. The van der Waals surface area contributed by atoms with Crippen molar-refractivity contribution in [2.75, 3.05) is 11.9 Å². The van der Waals surface area contributed by atoms with Crippen LogP contribution in [0.5, 0.6) is 0 Å². The van der Waals surface area contributed by atoms with E-state index in [1.807, 2.05) is 0 Å².